The summed E-state index contributed by atoms with van der Waals surface area (Å²) in [6.07, 6.45) is 1.79. The minimum absolute atomic E-state index is 0.351. The van der Waals surface area contributed by atoms with E-state index in [9.17, 15) is 4.79 Å². The number of aromatic nitrogens is 3. The lowest BCUT2D eigenvalue weighted by atomic mass is 10.1. The fourth-order valence-electron chi connectivity index (χ4n) is 2.01. The van der Waals surface area contributed by atoms with Crippen LogP contribution in [0.1, 0.15) is 11.1 Å². The van der Waals surface area contributed by atoms with E-state index in [0.717, 1.165) is 11.3 Å². The van der Waals surface area contributed by atoms with Crippen LogP contribution in [0.25, 0.3) is 5.65 Å². The molecule has 0 spiro atoms. The van der Waals surface area contributed by atoms with E-state index in [2.05, 4.69) is 20.8 Å². The van der Waals surface area contributed by atoms with Crippen LogP contribution in [0.15, 0.2) is 42.6 Å². The third kappa shape index (κ3) is 2.69. The number of hydrogen-bond acceptors (Lipinski definition) is 3. The van der Waals surface area contributed by atoms with Crippen molar-refractivity contribution >= 4 is 23.3 Å². The fourth-order valence-corrected chi connectivity index (χ4v) is 2.01. The Labute approximate surface area is 121 Å². The molecule has 3 aromatic rings. The van der Waals surface area contributed by atoms with Crippen molar-refractivity contribution < 1.29 is 4.79 Å². The van der Waals surface area contributed by atoms with Crippen molar-refractivity contribution in [3.63, 3.8) is 0 Å². The minimum atomic E-state index is -0.351. The highest BCUT2D eigenvalue weighted by atomic mass is 16.2. The van der Waals surface area contributed by atoms with E-state index < -0.39 is 0 Å². The van der Waals surface area contributed by atoms with Crippen LogP contribution in [0.5, 0.6) is 0 Å². The average Bonchev–Trinajstić information content (AvgIpc) is 2.86. The lowest BCUT2D eigenvalue weighted by molar-refractivity contribution is 0.262. The number of carbonyl (C=O) groups is 1. The quantitative estimate of drug-likeness (QED) is 0.758. The van der Waals surface area contributed by atoms with E-state index in [1.807, 2.05) is 50.2 Å². The number of pyridine rings is 1. The molecule has 0 aliphatic rings. The van der Waals surface area contributed by atoms with Crippen molar-refractivity contribution in [1.29, 1.82) is 0 Å². The Kier molecular flexibility index (Phi) is 3.27. The van der Waals surface area contributed by atoms with Gasteiger partial charge in [0.05, 0.1) is 0 Å². The number of nitrogens with one attached hydrogen (secondary N) is 2. The monoisotopic (exact) mass is 281 g/mol. The van der Waals surface area contributed by atoms with E-state index in [1.54, 1.807) is 10.6 Å². The van der Waals surface area contributed by atoms with Crippen LogP contribution >= 0.6 is 0 Å². The lowest BCUT2D eigenvalue weighted by Gasteiger charge is -2.08. The molecular weight excluding hydrogens is 266 g/mol. The predicted octanol–water partition coefficient (Wildman–Crippen LogP) is 2.99. The average molecular weight is 281 g/mol. The summed E-state index contributed by atoms with van der Waals surface area (Å²) >= 11 is 0. The standard InChI is InChI=1S/C15H15N5O/c1-10-6-7-12(9-11(10)2)16-15(21)17-14-19-18-13-5-3-4-8-20(13)14/h3-9H,1-2H3,(H2,16,17,19,21). The Morgan fingerprint density at radius 1 is 1.05 bits per heavy atom. The first kappa shape index (κ1) is 13.1. The number of anilines is 2. The fraction of sp³-hybridized carbons (Fsp3) is 0.133. The SMILES string of the molecule is Cc1ccc(NC(=O)Nc2nnc3ccccn23)cc1C. The van der Waals surface area contributed by atoms with Crippen LogP contribution in [0.3, 0.4) is 0 Å². The number of urea groups is 1. The van der Waals surface area contributed by atoms with Crippen LogP contribution < -0.4 is 10.6 Å². The molecule has 0 atom stereocenters. The van der Waals surface area contributed by atoms with E-state index in [4.69, 9.17) is 0 Å². The predicted molar refractivity (Wildman–Crippen MR) is 81.5 cm³/mol. The molecule has 3 rings (SSSR count). The van der Waals surface area contributed by atoms with Gasteiger partial charge in [0, 0.05) is 11.9 Å². The molecule has 6 nitrogen and oxygen atoms in total. The van der Waals surface area contributed by atoms with Crippen LogP contribution in [0, 0.1) is 13.8 Å². The Balaban J connectivity index is 1.75. The highest BCUT2D eigenvalue weighted by Crippen LogP contribution is 2.14. The third-order valence-corrected chi connectivity index (χ3v) is 3.30. The second kappa shape index (κ2) is 5.24. The van der Waals surface area contributed by atoms with Crippen molar-refractivity contribution in [3.05, 3.63) is 53.7 Å². The van der Waals surface area contributed by atoms with Gasteiger partial charge < -0.3 is 5.32 Å². The minimum Gasteiger partial charge on any atom is -0.308 e. The molecule has 0 aliphatic carbocycles. The first-order valence-corrected chi connectivity index (χ1v) is 6.58. The summed E-state index contributed by atoms with van der Waals surface area (Å²) in [6.45, 7) is 4.03. The van der Waals surface area contributed by atoms with Crippen LogP contribution in [-0.2, 0) is 0 Å². The number of aryl methyl sites for hydroxylation is 2. The molecular formula is C15H15N5O. The highest BCUT2D eigenvalue weighted by Gasteiger charge is 2.09. The normalized spacial score (nSPS) is 10.6. The smallest absolute Gasteiger partial charge is 0.308 e. The third-order valence-electron chi connectivity index (χ3n) is 3.30. The van der Waals surface area contributed by atoms with Gasteiger partial charge in [-0.3, -0.25) is 9.72 Å². The van der Waals surface area contributed by atoms with Crippen molar-refractivity contribution in [1.82, 2.24) is 14.6 Å². The maximum absolute atomic E-state index is 12.0. The molecule has 2 aromatic heterocycles. The summed E-state index contributed by atoms with van der Waals surface area (Å²) in [4.78, 5) is 12.0. The van der Waals surface area contributed by atoms with Gasteiger partial charge in [-0.2, -0.15) is 0 Å². The molecule has 2 heterocycles. The lowest BCUT2D eigenvalue weighted by Crippen LogP contribution is -2.21. The molecule has 0 aliphatic heterocycles. The molecule has 2 amide bonds. The zero-order chi connectivity index (χ0) is 14.8. The van der Waals surface area contributed by atoms with Gasteiger partial charge in [0.15, 0.2) is 5.65 Å². The van der Waals surface area contributed by atoms with E-state index in [1.165, 1.54) is 5.56 Å². The molecule has 21 heavy (non-hydrogen) atoms. The van der Waals surface area contributed by atoms with E-state index in [0.29, 0.717) is 11.6 Å². The maximum Gasteiger partial charge on any atom is 0.326 e. The Bertz CT molecular complexity index is 809. The van der Waals surface area contributed by atoms with Gasteiger partial charge in [-0.05, 0) is 49.2 Å². The molecule has 0 unspecified atom stereocenters. The zero-order valence-corrected chi connectivity index (χ0v) is 11.8. The molecule has 0 saturated carbocycles. The van der Waals surface area contributed by atoms with Gasteiger partial charge in [0.2, 0.25) is 5.95 Å². The van der Waals surface area contributed by atoms with Gasteiger partial charge >= 0.3 is 6.03 Å². The van der Waals surface area contributed by atoms with Gasteiger partial charge in [-0.15, -0.1) is 10.2 Å². The molecule has 0 radical (unpaired) electrons. The van der Waals surface area contributed by atoms with Crippen molar-refractivity contribution in [2.75, 3.05) is 10.6 Å². The second-order valence-electron chi connectivity index (χ2n) is 4.83. The van der Waals surface area contributed by atoms with Crippen molar-refractivity contribution in [2.45, 2.75) is 13.8 Å². The molecule has 6 heteroatoms. The topological polar surface area (TPSA) is 71.3 Å². The Morgan fingerprint density at radius 3 is 2.71 bits per heavy atom. The highest BCUT2D eigenvalue weighted by molar-refractivity contribution is 5.98. The number of benzene rings is 1. The number of amides is 2. The number of hydrogen-bond donors (Lipinski definition) is 2. The zero-order valence-electron chi connectivity index (χ0n) is 11.8. The first-order valence-electron chi connectivity index (χ1n) is 6.58. The number of rotatable bonds is 2. The van der Waals surface area contributed by atoms with Crippen LogP contribution in [0.4, 0.5) is 16.4 Å². The van der Waals surface area contributed by atoms with E-state index in [-0.39, 0.29) is 6.03 Å². The number of carbonyl (C=O) groups excluding carboxylic acids is 1. The molecule has 106 valence electrons. The maximum atomic E-state index is 12.0. The van der Waals surface area contributed by atoms with Crippen LogP contribution in [0.2, 0.25) is 0 Å². The number of nitrogens with zero attached hydrogens (tertiary/aromatic N) is 3. The summed E-state index contributed by atoms with van der Waals surface area (Å²) in [6, 6.07) is 10.9. The molecule has 2 N–H and O–H groups in total. The van der Waals surface area contributed by atoms with Gasteiger partial charge in [0.25, 0.3) is 0 Å². The molecule has 0 saturated heterocycles. The summed E-state index contributed by atoms with van der Waals surface area (Å²) in [5.74, 6) is 0.381. The van der Waals surface area contributed by atoms with Gasteiger partial charge in [-0.25, -0.2) is 4.79 Å². The summed E-state index contributed by atoms with van der Waals surface area (Å²) in [5.41, 5.74) is 3.73. The largest absolute Gasteiger partial charge is 0.326 e. The first-order chi connectivity index (χ1) is 10.1. The number of fused-ring (bicyclic) bond motifs is 1. The molecule has 0 bridgehead atoms. The summed E-state index contributed by atoms with van der Waals surface area (Å²) < 4.78 is 1.71. The molecule has 1 aromatic carbocycles. The van der Waals surface area contributed by atoms with Crippen molar-refractivity contribution in [2.24, 2.45) is 0 Å². The summed E-state index contributed by atoms with van der Waals surface area (Å²) in [7, 11) is 0. The Morgan fingerprint density at radius 2 is 1.90 bits per heavy atom. The van der Waals surface area contributed by atoms with E-state index >= 15 is 0 Å². The summed E-state index contributed by atoms with van der Waals surface area (Å²) in [5, 5.41) is 13.4. The second-order valence-corrected chi connectivity index (χ2v) is 4.83. The van der Waals surface area contributed by atoms with Gasteiger partial charge in [-0.1, -0.05) is 12.1 Å². The van der Waals surface area contributed by atoms with Gasteiger partial charge in [0.1, 0.15) is 0 Å². The van der Waals surface area contributed by atoms with Crippen molar-refractivity contribution in [3.8, 4) is 0 Å². The molecule has 0 fully saturated rings. The Hall–Kier alpha value is -2.89. The van der Waals surface area contributed by atoms with Crippen LogP contribution in [-0.4, -0.2) is 20.6 Å².